The number of phenols is 1. The predicted molar refractivity (Wildman–Crippen MR) is 112 cm³/mol. The first kappa shape index (κ1) is 18.3. The predicted octanol–water partition coefficient (Wildman–Crippen LogP) is 5.20. The van der Waals surface area contributed by atoms with Crippen molar-refractivity contribution < 1.29 is 9.84 Å². The van der Waals surface area contributed by atoms with Crippen LogP contribution in [0.25, 0.3) is 33.0 Å². The second-order valence-electron chi connectivity index (χ2n) is 6.05. The van der Waals surface area contributed by atoms with Gasteiger partial charge in [0.15, 0.2) is 11.5 Å². The Morgan fingerprint density at radius 2 is 1.71 bits per heavy atom. The number of aromatic amines is 1. The molecule has 0 saturated carbocycles. The molecule has 2 N–H and O–H groups in total. The molecule has 7 heteroatoms. The number of thiophene rings is 1. The van der Waals surface area contributed by atoms with Gasteiger partial charge in [-0.1, -0.05) is 35.9 Å². The molecule has 0 aliphatic carbocycles. The van der Waals surface area contributed by atoms with E-state index in [9.17, 15) is 9.90 Å². The fourth-order valence-electron chi connectivity index (χ4n) is 2.88. The Labute approximate surface area is 169 Å². The summed E-state index contributed by atoms with van der Waals surface area (Å²) in [5.41, 5.74) is 3.27. The highest BCUT2D eigenvalue weighted by Gasteiger charge is 2.10. The van der Waals surface area contributed by atoms with E-state index < -0.39 is 5.69 Å². The van der Waals surface area contributed by atoms with Crippen molar-refractivity contribution in [2.24, 2.45) is 0 Å². The second-order valence-corrected chi connectivity index (χ2v) is 7.77. The van der Waals surface area contributed by atoms with Gasteiger partial charge in [-0.05, 0) is 42.0 Å². The molecule has 2 aromatic carbocycles. The maximum absolute atomic E-state index is 12.1. The normalized spacial score (nSPS) is 10.8. The first-order valence-corrected chi connectivity index (χ1v) is 9.58. The largest absolute Gasteiger partial charge is 0.504 e. The Balaban J connectivity index is 1.72. The van der Waals surface area contributed by atoms with Crippen molar-refractivity contribution in [1.29, 1.82) is 0 Å². The van der Waals surface area contributed by atoms with Crippen LogP contribution in [0, 0.1) is 0 Å². The Hall–Kier alpha value is -3.09. The van der Waals surface area contributed by atoms with Crippen molar-refractivity contribution in [3.05, 3.63) is 75.5 Å². The van der Waals surface area contributed by atoms with Crippen molar-refractivity contribution in [2.75, 3.05) is 7.11 Å². The number of hydrogen-bond acceptors (Lipinski definition) is 5. The zero-order valence-corrected chi connectivity index (χ0v) is 16.3. The minimum absolute atomic E-state index is 0.0344. The molecule has 140 valence electrons. The van der Waals surface area contributed by atoms with Crippen molar-refractivity contribution >= 4 is 22.9 Å². The molecule has 0 unspecified atom stereocenters. The van der Waals surface area contributed by atoms with Gasteiger partial charge < -0.3 is 14.8 Å². The van der Waals surface area contributed by atoms with Crippen LogP contribution in [0.1, 0.15) is 0 Å². The Morgan fingerprint density at radius 1 is 1.00 bits per heavy atom. The van der Waals surface area contributed by atoms with Gasteiger partial charge in [-0.15, -0.1) is 11.3 Å². The molecule has 2 heterocycles. The van der Waals surface area contributed by atoms with Crippen molar-refractivity contribution in [1.82, 2.24) is 9.97 Å². The van der Waals surface area contributed by atoms with Gasteiger partial charge >= 0.3 is 5.69 Å². The number of halogens is 1. The number of aromatic nitrogens is 2. The molecular weight excluding hydrogens is 396 g/mol. The zero-order valence-electron chi connectivity index (χ0n) is 14.8. The highest BCUT2D eigenvalue weighted by Crippen LogP contribution is 2.33. The molecule has 2 aromatic heterocycles. The molecule has 0 spiro atoms. The number of ether oxygens (including phenoxy) is 1. The summed E-state index contributed by atoms with van der Waals surface area (Å²) in [7, 11) is 1.47. The lowest BCUT2D eigenvalue weighted by Crippen LogP contribution is -2.11. The fourth-order valence-corrected chi connectivity index (χ4v) is 3.93. The summed E-state index contributed by atoms with van der Waals surface area (Å²) >= 11 is 7.52. The smallest absolute Gasteiger partial charge is 0.345 e. The van der Waals surface area contributed by atoms with Crippen LogP contribution in [0.5, 0.6) is 11.5 Å². The van der Waals surface area contributed by atoms with Crippen molar-refractivity contribution in [3.63, 3.8) is 0 Å². The molecule has 0 bridgehead atoms. The molecule has 4 rings (SSSR count). The lowest BCUT2D eigenvalue weighted by atomic mass is 10.1. The topological polar surface area (TPSA) is 75.2 Å². The van der Waals surface area contributed by atoms with Gasteiger partial charge in [0.1, 0.15) is 0 Å². The Bertz CT molecular complexity index is 1200. The number of nitrogens with one attached hydrogen (secondary N) is 1. The third kappa shape index (κ3) is 3.65. The molecule has 0 radical (unpaired) electrons. The zero-order chi connectivity index (χ0) is 19.7. The maximum Gasteiger partial charge on any atom is 0.345 e. The SMILES string of the molecule is COc1cc(-c2cc(-c3ccc(-c4ccc(Cl)s4)cc3)nc(=O)[nH]2)ccc1O. The quantitative estimate of drug-likeness (QED) is 0.485. The van der Waals surface area contributed by atoms with Crippen LogP contribution >= 0.6 is 22.9 Å². The lowest BCUT2D eigenvalue weighted by molar-refractivity contribution is 0.373. The van der Waals surface area contributed by atoms with E-state index in [0.29, 0.717) is 22.7 Å². The van der Waals surface area contributed by atoms with Gasteiger partial charge in [-0.25, -0.2) is 4.79 Å². The Kier molecular flexibility index (Phi) is 4.90. The van der Waals surface area contributed by atoms with Crippen LogP contribution in [0.15, 0.2) is 65.5 Å². The highest BCUT2D eigenvalue weighted by molar-refractivity contribution is 7.19. The van der Waals surface area contributed by atoms with E-state index in [1.165, 1.54) is 24.5 Å². The average Bonchev–Trinajstić information content (AvgIpc) is 3.14. The van der Waals surface area contributed by atoms with E-state index in [2.05, 4.69) is 9.97 Å². The van der Waals surface area contributed by atoms with Crippen molar-refractivity contribution in [3.8, 4) is 44.5 Å². The number of methoxy groups -OCH3 is 1. The van der Waals surface area contributed by atoms with Crippen LogP contribution in [-0.4, -0.2) is 22.2 Å². The first-order valence-electron chi connectivity index (χ1n) is 8.38. The molecule has 0 aliphatic heterocycles. The molecule has 0 amide bonds. The minimum Gasteiger partial charge on any atom is -0.504 e. The summed E-state index contributed by atoms with van der Waals surface area (Å²) in [5.74, 6) is 0.364. The summed E-state index contributed by atoms with van der Waals surface area (Å²) in [6.07, 6.45) is 0. The van der Waals surface area contributed by atoms with Crippen LogP contribution in [-0.2, 0) is 0 Å². The number of benzene rings is 2. The number of nitrogens with zero attached hydrogens (tertiary/aromatic N) is 1. The van der Waals surface area contributed by atoms with Gasteiger partial charge in [0.25, 0.3) is 0 Å². The van der Waals surface area contributed by atoms with Crippen LogP contribution in [0.4, 0.5) is 0 Å². The summed E-state index contributed by atoms with van der Waals surface area (Å²) < 4.78 is 5.88. The van der Waals surface area contributed by atoms with E-state index in [0.717, 1.165) is 20.3 Å². The van der Waals surface area contributed by atoms with E-state index in [1.807, 2.05) is 36.4 Å². The molecule has 4 aromatic rings. The molecule has 0 atom stereocenters. The van der Waals surface area contributed by atoms with Crippen LogP contribution < -0.4 is 10.4 Å². The lowest BCUT2D eigenvalue weighted by Gasteiger charge is -2.08. The van der Waals surface area contributed by atoms with Crippen molar-refractivity contribution in [2.45, 2.75) is 0 Å². The molecule has 0 fully saturated rings. The molecule has 0 aliphatic rings. The Morgan fingerprint density at radius 3 is 2.39 bits per heavy atom. The van der Waals surface area contributed by atoms with Gasteiger partial charge in [-0.3, -0.25) is 0 Å². The average molecular weight is 411 g/mol. The van der Waals surface area contributed by atoms with Gasteiger partial charge in [0.2, 0.25) is 0 Å². The number of aromatic hydroxyl groups is 1. The molecule has 5 nitrogen and oxygen atoms in total. The maximum atomic E-state index is 12.1. The second kappa shape index (κ2) is 7.50. The van der Waals surface area contributed by atoms with E-state index in [-0.39, 0.29) is 5.75 Å². The summed E-state index contributed by atoms with van der Waals surface area (Å²) in [6, 6.07) is 18.3. The van der Waals surface area contributed by atoms with E-state index in [1.54, 1.807) is 18.2 Å². The number of hydrogen-bond donors (Lipinski definition) is 2. The van der Waals surface area contributed by atoms with Gasteiger partial charge in [0.05, 0.1) is 22.8 Å². The summed E-state index contributed by atoms with van der Waals surface area (Å²) in [6.45, 7) is 0. The fraction of sp³-hybridized carbons (Fsp3) is 0.0476. The molecule has 0 saturated heterocycles. The highest BCUT2D eigenvalue weighted by atomic mass is 35.5. The van der Waals surface area contributed by atoms with Gasteiger partial charge in [-0.2, -0.15) is 4.98 Å². The summed E-state index contributed by atoms with van der Waals surface area (Å²) in [5, 5.41) is 9.77. The van der Waals surface area contributed by atoms with Crippen LogP contribution in [0.2, 0.25) is 4.34 Å². The monoisotopic (exact) mass is 410 g/mol. The number of rotatable bonds is 4. The number of H-pyrrole nitrogens is 1. The number of phenolic OH excluding ortho intramolecular Hbond substituents is 1. The molecular formula is C21H15ClN2O3S. The van der Waals surface area contributed by atoms with E-state index >= 15 is 0 Å². The third-order valence-electron chi connectivity index (χ3n) is 4.27. The summed E-state index contributed by atoms with van der Waals surface area (Å²) in [4.78, 5) is 20.0. The van der Waals surface area contributed by atoms with Gasteiger partial charge in [0, 0.05) is 16.0 Å². The first-order chi connectivity index (χ1) is 13.5. The minimum atomic E-state index is -0.450. The third-order valence-corrected chi connectivity index (χ3v) is 5.55. The molecule has 28 heavy (non-hydrogen) atoms. The standard InChI is InChI=1S/C21H15ClN2O3S/c1-27-18-10-14(6-7-17(18)25)16-11-15(23-21(26)24-16)12-2-4-13(5-3-12)19-8-9-20(22)28-19/h2-11,25H,1H3,(H,23,24,26). The van der Waals surface area contributed by atoms with E-state index in [4.69, 9.17) is 16.3 Å². The van der Waals surface area contributed by atoms with Crippen LogP contribution in [0.3, 0.4) is 0 Å².